The van der Waals surface area contributed by atoms with Crippen LogP contribution in [0.3, 0.4) is 0 Å². The van der Waals surface area contributed by atoms with Gasteiger partial charge in [0.25, 0.3) is 5.91 Å². The number of fused-ring (bicyclic) bond motifs is 1. The maximum atomic E-state index is 12.9. The predicted molar refractivity (Wildman–Crippen MR) is 106 cm³/mol. The van der Waals surface area contributed by atoms with E-state index in [1.807, 2.05) is 59.5 Å². The number of carbonyl (C=O) groups is 2. The van der Waals surface area contributed by atoms with Crippen LogP contribution in [0.5, 0.6) is 5.75 Å². The van der Waals surface area contributed by atoms with Gasteiger partial charge in [0.05, 0.1) is 0 Å². The summed E-state index contributed by atoms with van der Waals surface area (Å²) >= 11 is 0. The van der Waals surface area contributed by atoms with Crippen molar-refractivity contribution < 1.29 is 14.3 Å². The number of hydrogen-bond donors (Lipinski definition) is 1. The van der Waals surface area contributed by atoms with Crippen molar-refractivity contribution in [3.05, 3.63) is 65.7 Å². The van der Waals surface area contributed by atoms with Gasteiger partial charge in [0.2, 0.25) is 5.91 Å². The SMILES string of the molecule is O=C1N[C@H](C(=O)N2CCN(CCOc3ccccc3)CC2)Cc2ccccc21. The van der Waals surface area contributed by atoms with Crippen LogP contribution in [0.4, 0.5) is 0 Å². The number of para-hydroxylation sites is 1. The van der Waals surface area contributed by atoms with Crippen molar-refractivity contribution >= 4 is 11.8 Å². The van der Waals surface area contributed by atoms with Crippen LogP contribution in [0.1, 0.15) is 15.9 Å². The third-order valence-corrected chi connectivity index (χ3v) is 5.39. The number of benzene rings is 2. The lowest BCUT2D eigenvalue weighted by Crippen LogP contribution is -2.57. The summed E-state index contributed by atoms with van der Waals surface area (Å²) in [6, 6.07) is 16.8. The average molecular weight is 379 g/mol. The summed E-state index contributed by atoms with van der Waals surface area (Å²) in [5, 5.41) is 2.87. The van der Waals surface area contributed by atoms with E-state index in [-0.39, 0.29) is 11.8 Å². The molecular weight excluding hydrogens is 354 g/mol. The number of amides is 2. The van der Waals surface area contributed by atoms with Gasteiger partial charge in [0.1, 0.15) is 18.4 Å². The average Bonchev–Trinajstić information content (AvgIpc) is 2.74. The van der Waals surface area contributed by atoms with Crippen LogP contribution in [0, 0.1) is 0 Å². The molecule has 0 aliphatic carbocycles. The van der Waals surface area contributed by atoms with E-state index in [1.165, 1.54) is 0 Å². The summed E-state index contributed by atoms with van der Waals surface area (Å²) in [4.78, 5) is 29.3. The van der Waals surface area contributed by atoms with Gasteiger partial charge in [-0.15, -0.1) is 0 Å². The van der Waals surface area contributed by atoms with Gasteiger partial charge in [-0.2, -0.15) is 0 Å². The Morgan fingerprint density at radius 3 is 2.50 bits per heavy atom. The zero-order chi connectivity index (χ0) is 19.3. The Balaban J connectivity index is 1.25. The second-order valence-corrected chi connectivity index (χ2v) is 7.22. The molecule has 2 aliphatic rings. The quantitative estimate of drug-likeness (QED) is 0.857. The summed E-state index contributed by atoms with van der Waals surface area (Å²) in [6.45, 7) is 4.47. The van der Waals surface area contributed by atoms with Crippen molar-refractivity contribution in [3.8, 4) is 5.75 Å². The molecule has 0 radical (unpaired) electrons. The molecule has 2 aromatic carbocycles. The number of rotatable bonds is 5. The zero-order valence-electron chi connectivity index (χ0n) is 15.8. The van der Waals surface area contributed by atoms with E-state index >= 15 is 0 Å². The van der Waals surface area contributed by atoms with Gasteiger partial charge in [-0.05, 0) is 23.8 Å². The molecule has 1 fully saturated rings. The molecule has 2 aromatic rings. The molecule has 1 N–H and O–H groups in total. The van der Waals surface area contributed by atoms with Crippen molar-refractivity contribution in [1.82, 2.24) is 15.1 Å². The molecule has 6 nitrogen and oxygen atoms in total. The van der Waals surface area contributed by atoms with Crippen LogP contribution in [0.25, 0.3) is 0 Å². The van der Waals surface area contributed by atoms with Crippen molar-refractivity contribution in [2.75, 3.05) is 39.3 Å². The molecule has 0 saturated carbocycles. The highest BCUT2D eigenvalue weighted by Gasteiger charge is 2.32. The highest BCUT2D eigenvalue weighted by atomic mass is 16.5. The minimum Gasteiger partial charge on any atom is -0.492 e. The summed E-state index contributed by atoms with van der Waals surface area (Å²) in [7, 11) is 0. The molecule has 146 valence electrons. The maximum Gasteiger partial charge on any atom is 0.252 e. The normalized spacial score (nSPS) is 19.6. The van der Waals surface area contributed by atoms with Crippen LogP contribution in [0.15, 0.2) is 54.6 Å². The summed E-state index contributed by atoms with van der Waals surface area (Å²) in [5.41, 5.74) is 1.62. The monoisotopic (exact) mass is 379 g/mol. The molecule has 2 amide bonds. The van der Waals surface area contributed by atoms with E-state index in [9.17, 15) is 9.59 Å². The number of nitrogens with one attached hydrogen (secondary N) is 1. The zero-order valence-corrected chi connectivity index (χ0v) is 15.8. The van der Waals surface area contributed by atoms with Crippen molar-refractivity contribution in [2.24, 2.45) is 0 Å². The van der Waals surface area contributed by atoms with Crippen molar-refractivity contribution in [2.45, 2.75) is 12.5 Å². The predicted octanol–water partition coefficient (Wildman–Crippen LogP) is 1.56. The fourth-order valence-electron chi connectivity index (χ4n) is 3.80. The standard InChI is InChI=1S/C22H25N3O3/c26-21-19-9-5-4-6-17(19)16-20(23-21)22(27)25-12-10-24(11-13-25)14-15-28-18-7-2-1-3-8-18/h1-9,20H,10-16H2,(H,23,26)/t20-/m0/s1. The Kier molecular flexibility index (Phi) is 5.58. The molecule has 28 heavy (non-hydrogen) atoms. The Morgan fingerprint density at radius 2 is 1.71 bits per heavy atom. The first-order valence-corrected chi connectivity index (χ1v) is 9.78. The van der Waals surface area contributed by atoms with E-state index in [4.69, 9.17) is 4.74 Å². The Bertz CT molecular complexity index is 832. The van der Waals surface area contributed by atoms with Gasteiger partial charge in [0, 0.05) is 44.7 Å². The summed E-state index contributed by atoms with van der Waals surface area (Å²) in [6.07, 6.45) is 0.561. The second kappa shape index (κ2) is 8.44. The molecule has 0 aromatic heterocycles. The molecule has 6 heteroatoms. The Hall–Kier alpha value is -2.86. The third-order valence-electron chi connectivity index (χ3n) is 5.39. The molecule has 1 atom stereocenters. The first-order chi connectivity index (χ1) is 13.7. The van der Waals surface area contributed by atoms with Gasteiger partial charge in [0.15, 0.2) is 0 Å². The Morgan fingerprint density at radius 1 is 1.00 bits per heavy atom. The maximum absolute atomic E-state index is 12.9. The van der Waals surface area contributed by atoms with Gasteiger partial charge < -0.3 is 15.0 Å². The van der Waals surface area contributed by atoms with E-state index in [2.05, 4.69) is 10.2 Å². The van der Waals surface area contributed by atoms with E-state index in [0.717, 1.165) is 30.9 Å². The topological polar surface area (TPSA) is 61.9 Å². The first-order valence-electron chi connectivity index (χ1n) is 9.78. The molecule has 4 rings (SSSR count). The van der Waals surface area contributed by atoms with Crippen LogP contribution in [0.2, 0.25) is 0 Å². The molecule has 2 aliphatic heterocycles. The van der Waals surface area contributed by atoms with E-state index < -0.39 is 6.04 Å². The number of piperazine rings is 1. The van der Waals surface area contributed by atoms with E-state index in [1.54, 1.807) is 0 Å². The molecule has 0 spiro atoms. The van der Waals surface area contributed by atoms with Crippen LogP contribution in [-0.4, -0.2) is 67.0 Å². The van der Waals surface area contributed by atoms with Crippen LogP contribution < -0.4 is 10.1 Å². The van der Waals surface area contributed by atoms with Crippen molar-refractivity contribution in [3.63, 3.8) is 0 Å². The fraction of sp³-hybridized carbons (Fsp3) is 0.364. The molecule has 0 bridgehead atoms. The van der Waals surface area contributed by atoms with Gasteiger partial charge in [-0.1, -0.05) is 36.4 Å². The molecule has 2 heterocycles. The fourth-order valence-corrected chi connectivity index (χ4v) is 3.80. The summed E-state index contributed by atoms with van der Waals surface area (Å²) < 4.78 is 5.75. The number of hydrogen-bond acceptors (Lipinski definition) is 4. The van der Waals surface area contributed by atoms with Crippen LogP contribution in [-0.2, 0) is 11.2 Å². The summed E-state index contributed by atoms with van der Waals surface area (Å²) in [5.74, 6) is 0.740. The lowest BCUT2D eigenvalue weighted by molar-refractivity contribution is -0.135. The smallest absolute Gasteiger partial charge is 0.252 e. The number of ether oxygens (including phenoxy) is 1. The molecule has 0 unspecified atom stereocenters. The minimum atomic E-state index is -0.463. The molecular formula is C22H25N3O3. The highest BCUT2D eigenvalue weighted by molar-refractivity contribution is 6.00. The third kappa shape index (κ3) is 4.17. The lowest BCUT2D eigenvalue weighted by atomic mass is 9.94. The van der Waals surface area contributed by atoms with Gasteiger partial charge in [-0.3, -0.25) is 14.5 Å². The minimum absolute atomic E-state index is 0.0167. The highest BCUT2D eigenvalue weighted by Crippen LogP contribution is 2.18. The largest absolute Gasteiger partial charge is 0.492 e. The molecule has 1 saturated heterocycles. The second-order valence-electron chi connectivity index (χ2n) is 7.22. The van der Waals surface area contributed by atoms with E-state index in [0.29, 0.717) is 31.7 Å². The van der Waals surface area contributed by atoms with Gasteiger partial charge >= 0.3 is 0 Å². The Labute approximate surface area is 165 Å². The van der Waals surface area contributed by atoms with Crippen LogP contribution >= 0.6 is 0 Å². The number of carbonyl (C=O) groups excluding carboxylic acids is 2. The van der Waals surface area contributed by atoms with Crippen molar-refractivity contribution in [1.29, 1.82) is 0 Å². The first kappa shape index (κ1) is 18.5. The van der Waals surface area contributed by atoms with Gasteiger partial charge in [-0.25, -0.2) is 0 Å². The number of nitrogens with zero attached hydrogens (tertiary/aromatic N) is 2. The lowest BCUT2D eigenvalue weighted by Gasteiger charge is -2.37.